The zero-order chi connectivity index (χ0) is 14.0. The molecule has 5 heteroatoms. The van der Waals surface area contributed by atoms with Crippen molar-refractivity contribution in [2.45, 2.75) is 45.8 Å². The number of ether oxygens (including phenoxy) is 1. The van der Waals surface area contributed by atoms with Crippen molar-refractivity contribution in [3.63, 3.8) is 0 Å². The standard InChI is InChI=1S/C14H24N2O3/c1-10-5-4-6-15(7-10)13(17)14(18)16-8-11(2)19-12(3)9-16/h10-12H,4-9H2,1-3H3. The Morgan fingerprint density at radius 1 is 0.947 bits per heavy atom. The molecule has 2 heterocycles. The fourth-order valence-corrected chi connectivity index (χ4v) is 2.99. The van der Waals surface area contributed by atoms with Gasteiger partial charge < -0.3 is 14.5 Å². The molecule has 0 aromatic heterocycles. The highest BCUT2D eigenvalue weighted by molar-refractivity contribution is 6.34. The van der Waals surface area contributed by atoms with Gasteiger partial charge in [0.25, 0.3) is 0 Å². The largest absolute Gasteiger partial charge is 0.372 e. The molecule has 108 valence electrons. The van der Waals surface area contributed by atoms with Gasteiger partial charge in [-0.1, -0.05) is 6.92 Å². The Morgan fingerprint density at radius 2 is 1.53 bits per heavy atom. The molecule has 0 aromatic rings. The average Bonchev–Trinajstić information content (AvgIpc) is 2.36. The molecule has 2 amide bonds. The maximum absolute atomic E-state index is 12.3. The van der Waals surface area contributed by atoms with Gasteiger partial charge in [-0.25, -0.2) is 0 Å². The van der Waals surface area contributed by atoms with E-state index in [4.69, 9.17) is 4.74 Å². The average molecular weight is 268 g/mol. The molecular formula is C14H24N2O3. The summed E-state index contributed by atoms with van der Waals surface area (Å²) in [6.45, 7) is 8.44. The zero-order valence-electron chi connectivity index (χ0n) is 12.1. The Morgan fingerprint density at radius 3 is 2.11 bits per heavy atom. The maximum atomic E-state index is 12.3. The number of rotatable bonds is 0. The summed E-state index contributed by atoms with van der Waals surface area (Å²) in [5.74, 6) is -0.211. The maximum Gasteiger partial charge on any atom is 0.312 e. The van der Waals surface area contributed by atoms with Crippen molar-refractivity contribution < 1.29 is 14.3 Å². The molecule has 0 aliphatic carbocycles. The first kappa shape index (κ1) is 14.3. The predicted octanol–water partition coefficient (Wildman–Crippen LogP) is 0.881. The van der Waals surface area contributed by atoms with E-state index in [0.717, 1.165) is 12.8 Å². The molecule has 2 aliphatic rings. The van der Waals surface area contributed by atoms with Crippen LogP contribution in [0.3, 0.4) is 0 Å². The van der Waals surface area contributed by atoms with E-state index in [1.54, 1.807) is 9.80 Å². The fourth-order valence-electron chi connectivity index (χ4n) is 2.99. The minimum absolute atomic E-state index is 0.000722. The molecule has 0 N–H and O–H groups in total. The Labute approximate surface area is 114 Å². The summed E-state index contributed by atoms with van der Waals surface area (Å²) in [5.41, 5.74) is 0. The summed E-state index contributed by atoms with van der Waals surface area (Å²) in [5, 5.41) is 0. The van der Waals surface area contributed by atoms with Crippen molar-refractivity contribution in [2.24, 2.45) is 5.92 Å². The third kappa shape index (κ3) is 3.47. The second-order valence-electron chi connectivity index (χ2n) is 5.97. The minimum Gasteiger partial charge on any atom is -0.372 e. The lowest BCUT2D eigenvalue weighted by molar-refractivity contribution is -0.159. The summed E-state index contributed by atoms with van der Waals surface area (Å²) in [6.07, 6.45) is 2.14. The molecule has 0 radical (unpaired) electrons. The van der Waals surface area contributed by atoms with Crippen LogP contribution in [0.25, 0.3) is 0 Å². The van der Waals surface area contributed by atoms with Crippen molar-refractivity contribution in [2.75, 3.05) is 26.2 Å². The monoisotopic (exact) mass is 268 g/mol. The van der Waals surface area contributed by atoms with Crippen LogP contribution in [0.2, 0.25) is 0 Å². The van der Waals surface area contributed by atoms with E-state index in [-0.39, 0.29) is 24.0 Å². The Bertz CT molecular complexity index is 349. The smallest absolute Gasteiger partial charge is 0.312 e. The van der Waals surface area contributed by atoms with E-state index in [1.807, 2.05) is 13.8 Å². The van der Waals surface area contributed by atoms with Gasteiger partial charge in [-0.2, -0.15) is 0 Å². The van der Waals surface area contributed by atoms with Crippen molar-refractivity contribution in [1.29, 1.82) is 0 Å². The summed E-state index contributed by atoms with van der Waals surface area (Å²) in [4.78, 5) is 27.9. The van der Waals surface area contributed by atoms with Gasteiger partial charge in [0.1, 0.15) is 0 Å². The third-order valence-corrected chi connectivity index (χ3v) is 3.83. The first-order valence-electron chi connectivity index (χ1n) is 7.21. The van der Waals surface area contributed by atoms with E-state index in [9.17, 15) is 9.59 Å². The third-order valence-electron chi connectivity index (χ3n) is 3.83. The number of nitrogens with zero attached hydrogens (tertiary/aromatic N) is 2. The van der Waals surface area contributed by atoms with Crippen LogP contribution in [0, 0.1) is 5.92 Å². The second-order valence-corrected chi connectivity index (χ2v) is 5.97. The first-order valence-corrected chi connectivity index (χ1v) is 7.21. The van der Waals surface area contributed by atoms with E-state index in [2.05, 4.69) is 6.92 Å². The van der Waals surface area contributed by atoms with Gasteiger partial charge in [0.05, 0.1) is 12.2 Å². The van der Waals surface area contributed by atoms with E-state index < -0.39 is 0 Å². The summed E-state index contributed by atoms with van der Waals surface area (Å²) in [7, 11) is 0. The molecule has 0 saturated carbocycles. The molecule has 0 bridgehead atoms. The molecule has 2 aliphatic heterocycles. The molecule has 2 rings (SSSR count). The molecular weight excluding hydrogens is 244 g/mol. The van der Waals surface area contributed by atoms with Crippen LogP contribution in [0.1, 0.15) is 33.6 Å². The van der Waals surface area contributed by atoms with Crippen LogP contribution < -0.4 is 0 Å². The molecule has 0 spiro atoms. The van der Waals surface area contributed by atoms with Crippen LogP contribution in [-0.4, -0.2) is 60.0 Å². The molecule has 5 nitrogen and oxygen atoms in total. The molecule has 19 heavy (non-hydrogen) atoms. The number of hydrogen-bond donors (Lipinski definition) is 0. The van der Waals surface area contributed by atoms with Crippen LogP contribution in [-0.2, 0) is 14.3 Å². The van der Waals surface area contributed by atoms with Crippen LogP contribution in [0.5, 0.6) is 0 Å². The Hall–Kier alpha value is -1.10. The van der Waals surface area contributed by atoms with Gasteiger partial charge in [-0.3, -0.25) is 9.59 Å². The van der Waals surface area contributed by atoms with Crippen LogP contribution in [0.4, 0.5) is 0 Å². The van der Waals surface area contributed by atoms with E-state index in [0.29, 0.717) is 32.1 Å². The first-order chi connectivity index (χ1) is 8.97. The lowest BCUT2D eigenvalue weighted by atomic mass is 10.0. The van der Waals surface area contributed by atoms with E-state index >= 15 is 0 Å². The number of carbonyl (C=O) groups excluding carboxylic acids is 2. The summed E-state index contributed by atoms with van der Waals surface area (Å²) >= 11 is 0. The Balaban J connectivity index is 1.96. The number of carbonyl (C=O) groups is 2. The molecule has 0 aromatic carbocycles. The van der Waals surface area contributed by atoms with Crippen LogP contribution >= 0.6 is 0 Å². The van der Waals surface area contributed by atoms with Crippen molar-refractivity contribution in [3.8, 4) is 0 Å². The molecule has 3 atom stereocenters. The number of morpholine rings is 1. The van der Waals surface area contributed by atoms with Gasteiger partial charge in [0.2, 0.25) is 0 Å². The highest BCUT2D eigenvalue weighted by Gasteiger charge is 2.33. The number of hydrogen-bond acceptors (Lipinski definition) is 3. The SMILES string of the molecule is CC1CCCN(C(=O)C(=O)N2CC(C)OC(C)C2)C1. The van der Waals surface area contributed by atoms with E-state index in [1.165, 1.54) is 0 Å². The summed E-state index contributed by atoms with van der Waals surface area (Å²) in [6, 6.07) is 0. The zero-order valence-corrected chi connectivity index (χ0v) is 12.1. The van der Waals surface area contributed by atoms with Gasteiger partial charge in [0.15, 0.2) is 0 Å². The normalized spacial score (nSPS) is 32.3. The van der Waals surface area contributed by atoms with Gasteiger partial charge >= 0.3 is 11.8 Å². The van der Waals surface area contributed by atoms with Gasteiger partial charge in [0, 0.05) is 26.2 Å². The van der Waals surface area contributed by atoms with Crippen molar-refractivity contribution in [1.82, 2.24) is 9.80 Å². The predicted molar refractivity (Wildman–Crippen MR) is 71.6 cm³/mol. The van der Waals surface area contributed by atoms with Crippen molar-refractivity contribution >= 4 is 11.8 Å². The summed E-state index contributed by atoms with van der Waals surface area (Å²) < 4.78 is 5.59. The molecule has 2 fully saturated rings. The Kier molecular flexibility index (Phi) is 4.45. The van der Waals surface area contributed by atoms with Crippen LogP contribution in [0.15, 0.2) is 0 Å². The number of likely N-dealkylation sites (tertiary alicyclic amines) is 1. The number of piperidine rings is 1. The highest BCUT2D eigenvalue weighted by atomic mass is 16.5. The van der Waals surface area contributed by atoms with Crippen molar-refractivity contribution in [3.05, 3.63) is 0 Å². The highest BCUT2D eigenvalue weighted by Crippen LogP contribution is 2.17. The minimum atomic E-state index is -0.365. The molecule has 2 saturated heterocycles. The lowest BCUT2D eigenvalue weighted by Gasteiger charge is -2.37. The molecule has 3 unspecified atom stereocenters. The quantitative estimate of drug-likeness (QED) is 0.613. The lowest BCUT2D eigenvalue weighted by Crippen LogP contribution is -2.54. The second kappa shape index (κ2) is 5.90. The van der Waals surface area contributed by atoms with Gasteiger partial charge in [-0.05, 0) is 32.6 Å². The van der Waals surface area contributed by atoms with Gasteiger partial charge in [-0.15, -0.1) is 0 Å². The fraction of sp³-hybridized carbons (Fsp3) is 0.857. The number of amides is 2. The topological polar surface area (TPSA) is 49.9 Å².